The van der Waals surface area contributed by atoms with Gasteiger partial charge in [0.1, 0.15) is 0 Å². The first kappa shape index (κ1) is 16.2. The van der Waals surface area contributed by atoms with E-state index in [2.05, 4.69) is 55.4 Å². The second-order valence-electron chi connectivity index (χ2n) is 6.35. The first-order chi connectivity index (χ1) is 7.25. The van der Waals surface area contributed by atoms with Crippen molar-refractivity contribution in [3.63, 3.8) is 0 Å². The minimum absolute atomic E-state index is 0.708. The van der Waals surface area contributed by atoms with Gasteiger partial charge in [-0.05, 0) is 29.0 Å². The Labute approximate surface area is 104 Å². The summed E-state index contributed by atoms with van der Waals surface area (Å²) in [6.07, 6.45) is 1.20. The summed E-state index contributed by atoms with van der Waals surface area (Å²) in [5, 5.41) is 0. The molecule has 0 aliphatic heterocycles. The molecule has 0 spiro atoms. The molecule has 0 heterocycles. The molecule has 0 bridgehead atoms. The van der Waals surface area contributed by atoms with Crippen molar-refractivity contribution in [3.05, 3.63) is 0 Å². The average molecular weight is 244 g/mol. The third-order valence-electron chi connectivity index (χ3n) is 3.75. The Morgan fingerprint density at radius 2 is 1.12 bits per heavy atom. The number of hydrogen-bond acceptors (Lipinski definition) is 1. The van der Waals surface area contributed by atoms with Crippen molar-refractivity contribution in [2.45, 2.75) is 78.4 Å². The van der Waals surface area contributed by atoms with Crippen LogP contribution in [0.3, 0.4) is 0 Å². The molecule has 0 atom stereocenters. The van der Waals surface area contributed by atoms with Crippen LogP contribution in [0.25, 0.3) is 0 Å². The molecular formula is C14H32OSi. The topological polar surface area (TPSA) is 9.23 Å². The molecule has 0 aromatic rings. The second kappa shape index (κ2) is 6.80. The highest BCUT2D eigenvalue weighted by atomic mass is 28.4. The van der Waals surface area contributed by atoms with Gasteiger partial charge in [0, 0.05) is 6.61 Å². The van der Waals surface area contributed by atoms with Crippen molar-refractivity contribution in [2.24, 2.45) is 5.92 Å². The molecule has 0 aromatic heterocycles. The van der Waals surface area contributed by atoms with Crippen LogP contribution in [0.1, 0.15) is 61.8 Å². The minimum atomic E-state index is -1.59. The van der Waals surface area contributed by atoms with Gasteiger partial charge in [-0.15, -0.1) is 0 Å². The summed E-state index contributed by atoms with van der Waals surface area (Å²) < 4.78 is 6.46. The highest BCUT2D eigenvalue weighted by Crippen LogP contribution is 2.42. The predicted molar refractivity (Wildman–Crippen MR) is 76.5 cm³/mol. The first-order valence-corrected chi connectivity index (χ1v) is 9.03. The second-order valence-corrected chi connectivity index (χ2v) is 11.8. The van der Waals surface area contributed by atoms with Crippen LogP contribution in [-0.2, 0) is 4.43 Å². The van der Waals surface area contributed by atoms with Crippen molar-refractivity contribution in [1.29, 1.82) is 0 Å². The highest BCUT2D eigenvalue weighted by molar-refractivity contribution is 6.77. The molecule has 0 rings (SSSR count). The number of hydrogen-bond donors (Lipinski definition) is 0. The Morgan fingerprint density at radius 3 is 1.38 bits per heavy atom. The van der Waals surface area contributed by atoms with Gasteiger partial charge in [0.2, 0.25) is 0 Å². The smallest absolute Gasteiger partial charge is 0.200 e. The minimum Gasteiger partial charge on any atom is -0.416 e. The lowest BCUT2D eigenvalue weighted by atomic mass is 10.2. The summed E-state index contributed by atoms with van der Waals surface area (Å²) in [5.74, 6) is 0.748. The van der Waals surface area contributed by atoms with E-state index in [1.54, 1.807) is 0 Å². The summed E-state index contributed by atoms with van der Waals surface area (Å²) in [6, 6.07) is 0. The molecule has 1 nitrogen and oxygen atoms in total. The molecule has 0 aromatic carbocycles. The molecule has 0 N–H and O–H groups in total. The molecule has 16 heavy (non-hydrogen) atoms. The van der Waals surface area contributed by atoms with Crippen molar-refractivity contribution < 1.29 is 4.43 Å². The molecule has 2 heteroatoms. The SMILES string of the molecule is CC(C)CCO[Si](C(C)C)(C(C)C)C(C)C. The standard InChI is InChI=1S/C14H32OSi/c1-11(2)9-10-15-16(12(3)4,13(5)6)14(7)8/h11-14H,9-10H2,1-8H3. The van der Waals surface area contributed by atoms with Gasteiger partial charge in [0.25, 0.3) is 0 Å². The number of rotatable bonds is 7. The maximum atomic E-state index is 6.46. The van der Waals surface area contributed by atoms with E-state index >= 15 is 0 Å². The van der Waals surface area contributed by atoms with Gasteiger partial charge in [-0.25, -0.2) is 0 Å². The molecule has 0 aliphatic carbocycles. The van der Waals surface area contributed by atoms with E-state index in [4.69, 9.17) is 4.43 Å². The monoisotopic (exact) mass is 244 g/mol. The van der Waals surface area contributed by atoms with Crippen molar-refractivity contribution in [3.8, 4) is 0 Å². The Bertz CT molecular complexity index is 163. The fourth-order valence-corrected chi connectivity index (χ4v) is 8.44. The third-order valence-corrected chi connectivity index (χ3v) is 9.87. The maximum absolute atomic E-state index is 6.46. The van der Waals surface area contributed by atoms with Crippen LogP contribution < -0.4 is 0 Å². The summed E-state index contributed by atoms with van der Waals surface area (Å²) in [6.45, 7) is 19.6. The van der Waals surface area contributed by atoms with E-state index < -0.39 is 8.32 Å². The van der Waals surface area contributed by atoms with Gasteiger partial charge in [-0.3, -0.25) is 0 Å². The maximum Gasteiger partial charge on any atom is 0.200 e. The van der Waals surface area contributed by atoms with Gasteiger partial charge in [0.05, 0.1) is 0 Å². The van der Waals surface area contributed by atoms with E-state index in [-0.39, 0.29) is 0 Å². The molecule has 0 saturated carbocycles. The first-order valence-electron chi connectivity index (χ1n) is 6.89. The molecule has 0 aliphatic rings. The Balaban J connectivity index is 4.64. The van der Waals surface area contributed by atoms with Crippen LogP contribution >= 0.6 is 0 Å². The quantitative estimate of drug-likeness (QED) is 0.558. The zero-order chi connectivity index (χ0) is 12.9. The molecular weight excluding hydrogens is 212 g/mol. The predicted octanol–water partition coefficient (Wildman–Crippen LogP) is 5.22. The van der Waals surface area contributed by atoms with E-state index in [0.29, 0.717) is 16.6 Å². The van der Waals surface area contributed by atoms with Crippen LogP contribution in [0.4, 0.5) is 0 Å². The average Bonchev–Trinajstić information content (AvgIpc) is 2.09. The van der Waals surface area contributed by atoms with E-state index in [1.165, 1.54) is 6.42 Å². The van der Waals surface area contributed by atoms with Crippen LogP contribution in [0, 0.1) is 5.92 Å². The molecule has 98 valence electrons. The van der Waals surface area contributed by atoms with Gasteiger partial charge in [0.15, 0.2) is 8.32 Å². The molecule has 0 unspecified atom stereocenters. The van der Waals surface area contributed by atoms with Gasteiger partial charge < -0.3 is 4.43 Å². The lowest BCUT2D eigenvalue weighted by Gasteiger charge is -2.42. The normalized spacial score (nSPS) is 13.5. The zero-order valence-electron chi connectivity index (χ0n) is 12.6. The van der Waals surface area contributed by atoms with Crippen LogP contribution in [0.5, 0.6) is 0 Å². The zero-order valence-corrected chi connectivity index (χ0v) is 13.6. The summed E-state index contributed by atoms with van der Waals surface area (Å²) in [4.78, 5) is 0. The van der Waals surface area contributed by atoms with Gasteiger partial charge in [-0.2, -0.15) is 0 Å². The summed E-state index contributed by atoms with van der Waals surface area (Å²) in [7, 11) is -1.59. The Morgan fingerprint density at radius 1 is 0.750 bits per heavy atom. The Hall–Kier alpha value is 0.177. The summed E-state index contributed by atoms with van der Waals surface area (Å²) >= 11 is 0. The molecule has 0 saturated heterocycles. The summed E-state index contributed by atoms with van der Waals surface area (Å²) in [5.41, 5.74) is 2.12. The Kier molecular flexibility index (Phi) is 6.88. The van der Waals surface area contributed by atoms with Gasteiger partial charge >= 0.3 is 0 Å². The van der Waals surface area contributed by atoms with Gasteiger partial charge in [-0.1, -0.05) is 55.4 Å². The fourth-order valence-electron chi connectivity index (χ4n) is 2.97. The lowest BCUT2D eigenvalue weighted by Crippen LogP contribution is -2.48. The van der Waals surface area contributed by atoms with Crippen molar-refractivity contribution in [1.82, 2.24) is 0 Å². The van der Waals surface area contributed by atoms with E-state index in [0.717, 1.165) is 12.5 Å². The highest BCUT2D eigenvalue weighted by Gasteiger charge is 2.44. The largest absolute Gasteiger partial charge is 0.416 e. The van der Waals surface area contributed by atoms with Crippen molar-refractivity contribution in [2.75, 3.05) is 6.61 Å². The van der Waals surface area contributed by atoms with Crippen LogP contribution in [0.15, 0.2) is 0 Å². The van der Waals surface area contributed by atoms with Crippen molar-refractivity contribution >= 4 is 8.32 Å². The lowest BCUT2D eigenvalue weighted by molar-refractivity contribution is 0.255. The molecule has 0 fully saturated rings. The molecule has 0 amide bonds. The van der Waals surface area contributed by atoms with Crippen LogP contribution in [-0.4, -0.2) is 14.9 Å². The fraction of sp³-hybridized carbons (Fsp3) is 1.00. The third kappa shape index (κ3) is 3.88. The van der Waals surface area contributed by atoms with E-state index in [1.807, 2.05) is 0 Å². The van der Waals surface area contributed by atoms with E-state index in [9.17, 15) is 0 Å². The molecule has 0 radical (unpaired) electrons. The van der Waals surface area contributed by atoms with Crippen LogP contribution in [0.2, 0.25) is 16.6 Å².